The lowest BCUT2D eigenvalue weighted by Gasteiger charge is -2.17. The fourth-order valence-corrected chi connectivity index (χ4v) is 2.83. The van der Waals surface area contributed by atoms with E-state index in [2.05, 4.69) is 10.6 Å². The van der Waals surface area contributed by atoms with E-state index in [1.807, 2.05) is 50.2 Å². The lowest BCUT2D eigenvalue weighted by molar-refractivity contribution is -0.117. The number of nitrogens with zero attached hydrogens (tertiary/aromatic N) is 1. The second-order valence-corrected chi connectivity index (χ2v) is 6.64. The molecule has 0 saturated heterocycles. The molecule has 0 fully saturated rings. The molecule has 2 aromatic carbocycles. The van der Waals surface area contributed by atoms with Crippen molar-refractivity contribution < 1.29 is 19.0 Å². The van der Waals surface area contributed by atoms with Crippen molar-refractivity contribution in [2.24, 2.45) is 0 Å². The zero-order valence-corrected chi connectivity index (χ0v) is 17.9. The molecule has 0 aliphatic carbocycles. The number of hydrogen-bond acceptors (Lipinski definition) is 6. The molecular formula is C23H27N3O4. The first-order valence-corrected chi connectivity index (χ1v) is 9.46. The smallest absolute Gasteiger partial charge is 0.263 e. The summed E-state index contributed by atoms with van der Waals surface area (Å²) in [5.41, 5.74) is 1.82. The summed E-state index contributed by atoms with van der Waals surface area (Å²) in [4.78, 5) is 12.6. The predicted molar refractivity (Wildman–Crippen MR) is 114 cm³/mol. The molecule has 0 aromatic heterocycles. The van der Waals surface area contributed by atoms with Crippen molar-refractivity contribution in [2.45, 2.75) is 25.9 Å². The summed E-state index contributed by atoms with van der Waals surface area (Å²) in [6, 6.07) is 14.5. The molecule has 0 heterocycles. The van der Waals surface area contributed by atoms with Gasteiger partial charge in [0.05, 0.1) is 27.4 Å². The van der Waals surface area contributed by atoms with Gasteiger partial charge in [-0.15, -0.1) is 0 Å². The summed E-state index contributed by atoms with van der Waals surface area (Å²) in [5, 5.41) is 15.3. The Labute approximate surface area is 177 Å². The van der Waals surface area contributed by atoms with E-state index in [1.54, 1.807) is 33.5 Å². The molecular weight excluding hydrogens is 382 g/mol. The van der Waals surface area contributed by atoms with Gasteiger partial charge in [-0.3, -0.25) is 4.79 Å². The number of carbonyl (C=O) groups excluding carboxylic acids is 1. The van der Waals surface area contributed by atoms with Crippen LogP contribution in [0.2, 0.25) is 0 Å². The van der Waals surface area contributed by atoms with Crippen LogP contribution in [0.3, 0.4) is 0 Å². The predicted octanol–water partition coefficient (Wildman–Crippen LogP) is 3.65. The molecule has 2 N–H and O–H groups in total. The third-order valence-corrected chi connectivity index (χ3v) is 4.71. The number of benzene rings is 2. The maximum atomic E-state index is 12.6. The zero-order chi connectivity index (χ0) is 22.1. The number of carbonyl (C=O) groups is 1. The monoisotopic (exact) mass is 409 g/mol. The van der Waals surface area contributed by atoms with Crippen LogP contribution in [0.4, 0.5) is 0 Å². The van der Waals surface area contributed by atoms with E-state index in [0.29, 0.717) is 11.5 Å². The number of hydrogen-bond donors (Lipinski definition) is 2. The molecule has 0 saturated carbocycles. The third-order valence-electron chi connectivity index (χ3n) is 4.71. The quantitative estimate of drug-likeness (QED) is 0.485. The number of ether oxygens (including phenoxy) is 3. The van der Waals surface area contributed by atoms with Crippen LogP contribution >= 0.6 is 0 Å². The standard InChI is InChI=1S/C23H27N3O4/c1-15(17-6-9-20(28-3)10-7-17)25-14-19(13-24)23(27)26-16(2)18-8-11-21(29-4)22(12-18)30-5/h6-12,14-16,25H,1-5H3,(H,26,27)/b19-14-. The lowest BCUT2D eigenvalue weighted by Crippen LogP contribution is -2.28. The number of methoxy groups -OCH3 is 3. The largest absolute Gasteiger partial charge is 0.497 e. The van der Waals surface area contributed by atoms with Crippen molar-refractivity contribution >= 4 is 5.91 Å². The fourth-order valence-electron chi connectivity index (χ4n) is 2.83. The number of nitriles is 1. The molecule has 7 heteroatoms. The van der Waals surface area contributed by atoms with Crippen molar-refractivity contribution in [3.8, 4) is 23.3 Å². The zero-order valence-electron chi connectivity index (χ0n) is 17.9. The summed E-state index contributed by atoms with van der Waals surface area (Å²) < 4.78 is 15.7. The minimum absolute atomic E-state index is 0.0114. The van der Waals surface area contributed by atoms with Crippen LogP contribution in [0.5, 0.6) is 17.2 Å². The Balaban J connectivity index is 2.05. The second-order valence-electron chi connectivity index (χ2n) is 6.64. The van der Waals surface area contributed by atoms with E-state index in [9.17, 15) is 10.1 Å². The van der Waals surface area contributed by atoms with Gasteiger partial charge in [-0.1, -0.05) is 18.2 Å². The van der Waals surface area contributed by atoms with Crippen molar-refractivity contribution in [2.75, 3.05) is 21.3 Å². The molecule has 2 aromatic rings. The minimum Gasteiger partial charge on any atom is -0.497 e. The molecule has 0 aliphatic rings. The van der Waals surface area contributed by atoms with Gasteiger partial charge in [0, 0.05) is 12.2 Å². The first-order valence-electron chi connectivity index (χ1n) is 9.46. The highest BCUT2D eigenvalue weighted by atomic mass is 16.5. The summed E-state index contributed by atoms with van der Waals surface area (Å²) in [6.07, 6.45) is 1.44. The van der Waals surface area contributed by atoms with Crippen molar-refractivity contribution in [1.29, 1.82) is 5.26 Å². The number of nitrogens with one attached hydrogen (secondary N) is 2. The molecule has 0 radical (unpaired) electrons. The Kier molecular flexibility index (Phi) is 8.12. The maximum absolute atomic E-state index is 12.6. The van der Waals surface area contributed by atoms with Crippen LogP contribution in [0, 0.1) is 11.3 Å². The molecule has 0 spiro atoms. The highest BCUT2D eigenvalue weighted by molar-refractivity contribution is 5.97. The van der Waals surface area contributed by atoms with Gasteiger partial charge in [-0.2, -0.15) is 5.26 Å². The molecule has 30 heavy (non-hydrogen) atoms. The number of amides is 1. The van der Waals surface area contributed by atoms with Crippen LogP contribution < -0.4 is 24.8 Å². The van der Waals surface area contributed by atoms with Gasteiger partial charge in [-0.05, 0) is 49.2 Å². The molecule has 158 valence electrons. The Hall–Kier alpha value is -3.66. The van der Waals surface area contributed by atoms with Gasteiger partial charge in [0.2, 0.25) is 0 Å². The SMILES string of the molecule is COc1ccc(C(C)N/C=C(/C#N)C(=O)NC(C)c2ccc(OC)c(OC)c2)cc1. The van der Waals surface area contributed by atoms with E-state index in [-0.39, 0.29) is 17.7 Å². The van der Waals surface area contributed by atoms with E-state index >= 15 is 0 Å². The van der Waals surface area contributed by atoms with E-state index < -0.39 is 5.91 Å². The first kappa shape index (κ1) is 22.6. The highest BCUT2D eigenvalue weighted by Gasteiger charge is 2.16. The average Bonchev–Trinajstić information content (AvgIpc) is 2.78. The van der Waals surface area contributed by atoms with Crippen LogP contribution in [-0.4, -0.2) is 27.2 Å². The molecule has 7 nitrogen and oxygen atoms in total. The lowest BCUT2D eigenvalue weighted by atomic mass is 10.1. The third kappa shape index (κ3) is 5.67. The second kappa shape index (κ2) is 10.8. The topological polar surface area (TPSA) is 92.6 Å². The Morgan fingerprint density at radius 3 is 2.13 bits per heavy atom. The van der Waals surface area contributed by atoms with Crippen LogP contribution in [0.15, 0.2) is 54.2 Å². The summed E-state index contributed by atoms with van der Waals surface area (Å²) in [7, 11) is 4.73. The van der Waals surface area contributed by atoms with E-state index in [0.717, 1.165) is 16.9 Å². The van der Waals surface area contributed by atoms with Gasteiger partial charge < -0.3 is 24.8 Å². The van der Waals surface area contributed by atoms with Crippen molar-refractivity contribution in [3.05, 3.63) is 65.4 Å². The maximum Gasteiger partial charge on any atom is 0.263 e. The van der Waals surface area contributed by atoms with Gasteiger partial charge in [0.15, 0.2) is 11.5 Å². The van der Waals surface area contributed by atoms with Gasteiger partial charge in [0.1, 0.15) is 17.4 Å². The normalized spacial score (nSPS) is 12.9. The average molecular weight is 409 g/mol. The first-order chi connectivity index (χ1) is 14.4. The summed E-state index contributed by atoms with van der Waals surface area (Å²) in [5.74, 6) is 1.48. The van der Waals surface area contributed by atoms with Crippen LogP contribution in [0.25, 0.3) is 0 Å². The van der Waals surface area contributed by atoms with Gasteiger partial charge in [-0.25, -0.2) is 0 Å². The van der Waals surface area contributed by atoms with Crippen molar-refractivity contribution in [3.63, 3.8) is 0 Å². The fraction of sp³-hybridized carbons (Fsp3) is 0.304. The Morgan fingerprint density at radius 1 is 0.933 bits per heavy atom. The van der Waals surface area contributed by atoms with Crippen molar-refractivity contribution in [1.82, 2.24) is 10.6 Å². The van der Waals surface area contributed by atoms with Gasteiger partial charge in [0.25, 0.3) is 5.91 Å². The van der Waals surface area contributed by atoms with Gasteiger partial charge >= 0.3 is 0 Å². The molecule has 0 aliphatic heterocycles. The minimum atomic E-state index is -0.464. The van der Waals surface area contributed by atoms with E-state index in [4.69, 9.17) is 14.2 Å². The van der Waals surface area contributed by atoms with Crippen LogP contribution in [-0.2, 0) is 4.79 Å². The molecule has 0 bridgehead atoms. The molecule has 1 amide bonds. The molecule has 2 atom stereocenters. The Morgan fingerprint density at radius 2 is 1.57 bits per heavy atom. The number of rotatable bonds is 9. The molecule has 2 unspecified atom stereocenters. The summed E-state index contributed by atoms with van der Waals surface area (Å²) >= 11 is 0. The highest BCUT2D eigenvalue weighted by Crippen LogP contribution is 2.30. The Bertz CT molecular complexity index is 932. The van der Waals surface area contributed by atoms with Crippen LogP contribution in [0.1, 0.15) is 37.1 Å². The summed E-state index contributed by atoms with van der Waals surface area (Å²) in [6.45, 7) is 3.78. The van der Waals surface area contributed by atoms with E-state index in [1.165, 1.54) is 6.20 Å². The molecule has 2 rings (SSSR count).